The van der Waals surface area contributed by atoms with E-state index in [4.69, 9.17) is 5.11 Å². The largest absolute Gasteiger partial charge is 0.478 e. The zero-order valence-electron chi connectivity index (χ0n) is 9.59. The molecule has 0 spiro atoms. The van der Waals surface area contributed by atoms with Gasteiger partial charge in [-0.3, -0.25) is 4.98 Å². The number of nitrogens with zero attached hydrogens (tertiary/aromatic N) is 1. The lowest BCUT2D eigenvalue weighted by molar-refractivity contribution is -0.0494. The van der Waals surface area contributed by atoms with Crippen LogP contribution in [0, 0.1) is 0 Å². The predicted octanol–water partition coefficient (Wildman–Crippen LogP) is 3.05. The van der Waals surface area contributed by atoms with Crippen molar-refractivity contribution in [1.82, 2.24) is 4.98 Å². The van der Waals surface area contributed by atoms with Crippen molar-refractivity contribution in [2.24, 2.45) is 0 Å². The van der Waals surface area contributed by atoms with E-state index in [2.05, 4.69) is 9.72 Å². The molecule has 1 aromatic heterocycles. The number of ether oxygens (including phenoxy) is 1. The molecule has 4 nitrogen and oxygen atoms in total. The van der Waals surface area contributed by atoms with Crippen molar-refractivity contribution in [2.45, 2.75) is 6.61 Å². The maximum atomic E-state index is 12.3. The van der Waals surface area contributed by atoms with Gasteiger partial charge in [-0.15, -0.1) is 0 Å². The number of carbonyl (C=O) groups is 1. The summed E-state index contributed by atoms with van der Waals surface area (Å²) < 4.78 is 29.0. The molecule has 98 valence electrons. The number of carboxylic acid groups (broad SMARTS) is 1. The number of hydrogen-bond donors (Lipinski definition) is 1. The molecule has 2 aromatic rings. The fourth-order valence-electron chi connectivity index (χ4n) is 1.58. The van der Waals surface area contributed by atoms with Crippen LogP contribution in [0.15, 0.2) is 42.6 Å². The summed E-state index contributed by atoms with van der Waals surface area (Å²) in [6, 6.07) is 8.56. The van der Waals surface area contributed by atoms with Gasteiger partial charge in [-0.25, -0.2) is 4.79 Å². The van der Waals surface area contributed by atoms with Crippen LogP contribution in [-0.4, -0.2) is 22.7 Å². The number of carboxylic acids is 1. The summed E-state index contributed by atoms with van der Waals surface area (Å²) in [5.74, 6) is -1.26. The van der Waals surface area contributed by atoms with E-state index in [9.17, 15) is 13.6 Å². The van der Waals surface area contributed by atoms with Crippen LogP contribution in [0.5, 0.6) is 5.75 Å². The average Bonchev–Trinajstić information content (AvgIpc) is 2.39. The molecule has 1 N–H and O–H groups in total. The standard InChI is InChI=1S/C13H9F2NO3/c14-13(15)19-11-5-4-8(12(17)18)7-9(11)10-3-1-2-6-16-10/h1-7,13H,(H,17,18). The quantitative estimate of drug-likeness (QED) is 0.923. The molecule has 0 saturated carbocycles. The van der Waals surface area contributed by atoms with Crippen LogP contribution < -0.4 is 4.74 Å². The van der Waals surface area contributed by atoms with Crippen LogP contribution in [0.25, 0.3) is 11.3 Å². The molecular weight excluding hydrogens is 256 g/mol. The first-order chi connectivity index (χ1) is 9.08. The molecule has 0 aliphatic heterocycles. The Morgan fingerprint density at radius 2 is 2.05 bits per heavy atom. The molecule has 0 bridgehead atoms. The van der Waals surface area contributed by atoms with Crippen molar-refractivity contribution in [3.63, 3.8) is 0 Å². The number of halogens is 2. The Kier molecular flexibility index (Phi) is 3.70. The van der Waals surface area contributed by atoms with E-state index in [-0.39, 0.29) is 16.9 Å². The first-order valence-corrected chi connectivity index (χ1v) is 5.31. The Morgan fingerprint density at radius 1 is 1.26 bits per heavy atom. The van der Waals surface area contributed by atoms with Gasteiger partial charge in [0, 0.05) is 11.8 Å². The smallest absolute Gasteiger partial charge is 0.387 e. The molecule has 0 aliphatic rings. The second-order valence-electron chi connectivity index (χ2n) is 3.61. The average molecular weight is 265 g/mol. The summed E-state index contributed by atoms with van der Waals surface area (Å²) >= 11 is 0. The number of alkyl halides is 2. The summed E-state index contributed by atoms with van der Waals surface area (Å²) in [5, 5.41) is 8.92. The Morgan fingerprint density at radius 3 is 2.63 bits per heavy atom. The second-order valence-corrected chi connectivity index (χ2v) is 3.61. The molecule has 1 aromatic carbocycles. The van der Waals surface area contributed by atoms with Crippen LogP contribution in [-0.2, 0) is 0 Å². The molecule has 19 heavy (non-hydrogen) atoms. The fraction of sp³-hybridized carbons (Fsp3) is 0.0769. The Labute approximate surface area is 107 Å². The summed E-state index contributed by atoms with van der Waals surface area (Å²) in [6.45, 7) is -2.99. The van der Waals surface area contributed by atoms with E-state index < -0.39 is 12.6 Å². The number of hydrogen-bond acceptors (Lipinski definition) is 3. The molecular formula is C13H9F2NO3. The molecule has 2 rings (SSSR count). The third-order valence-corrected chi connectivity index (χ3v) is 2.38. The lowest BCUT2D eigenvalue weighted by Crippen LogP contribution is -2.05. The third kappa shape index (κ3) is 3.04. The monoisotopic (exact) mass is 265 g/mol. The minimum Gasteiger partial charge on any atom is -0.478 e. The van der Waals surface area contributed by atoms with Gasteiger partial charge in [0.1, 0.15) is 5.75 Å². The van der Waals surface area contributed by atoms with Crippen molar-refractivity contribution in [3.05, 3.63) is 48.2 Å². The van der Waals surface area contributed by atoms with Gasteiger partial charge in [0.2, 0.25) is 0 Å². The molecule has 0 fully saturated rings. The highest BCUT2D eigenvalue weighted by Gasteiger charge is 2.15. The lowest BCUT2D eigenvalue weighted by atomic mass is 10.1. The fourth-order valence-corrected chi connectivity index (χ4v) is 1.58. The zero-order valence-corrected chi connectivity index (χ0v) is 9.59. The Bertz CT molecular complexity index is 588. The van der Waals surface area contributed by atoms with Crippen molar-refractivity contribution in [1.29, 1.82) is 0 Å². The van der Waals surface area contributed by atoms with E-state index in [1.807, 2.05) is 0 Å². The molecule has 6 heteroatoms. The number of benzene rings is 1. The first kappa shape index (κ1) is 12.9. The van der Waals surface area contributed by atoms with Gasteiger partial charge in [-0.1, -0.05) is 6.07 Å². The maximum absolute atomic E-state index is 12.3. The normalized spacial score (nSPS) is 10.5. The highest BCUT2D eigenvalue weighted by molar-refractivity contribution is 5.90. The van der Waals surface area contributed by atoms with E-state index in [1.54, 1.807) is 18.2 Å². The molecule has 0 aliphatic carbocycles. The zero-order chi connectivity index (χ0) is 13.8. The van der Waals surface area contributed by atoms with Gasteiger partial charge < -0.3 is 9.84 Å². The number of rotatable bonds is 4. The molecule has 0 amide bonds. The van der Waals surface area contributed by atoms with Crippen molar-refractivity contribution < 1.29 is 23.4 Å². The summed E-state index contributed by atoms with van der Waals surface area (Å²) in [6.07, 6.45) is 1.48. The van der Waals surface area contributed by atoms with Gasteiger partial charge >= 0.3 is 12.6 Å². The third-order valence-electron chi connectivity index (χ3n) is 2.38. The molecule has 1 heterocycles. The maximum Gasteiger partial charge on any atom is 0.387 e. The second kappa shape index (κ2) is 5.43. The topological polar surface area (TPSA) is 59.4 Å². The van der Waals surface area contributed by atoms with E-state index in [0.29, 0.717) is 5.69 Å². The minimum atomic E-state index is -2.99. The molecule has 0 atom stereocenters. The number of aromatic carboxylic acids is 1. The predicted molar refractivity (Wildman–Crippen MR) is 63.3 cm³/mol. The summed E-state index contributed by atoms with van der Waals surface area (Å²) in [5.41, 5.74) is 0.546. The SMILES string of the molecule is O=C(O)c1ccc(OC(F)F)c(-c2ccccn2)c1. The molecule has 0 unspecified atom stereocenters. The molecule has 0 radical (unpaired) electrons. The first-order valence-electron chi connectivity index (χ1n) is 5.31. The van der Waals surface area contributed by atoms with Crippen LogP contribution in [0.3, 0.4) is 0 Å². The van der Waals surface area contributed by atoms with Gasteiger partial charge in [0.15, 0.2) is 0 Å². The van der Waals surface area contributed by atoms with Crippen LogP contribution in [0.2, 0.25) is 0 Å². The van der Waals surface area contributed by atoms with E-state index >= 15 is 0 Å². The van der Waals surface area contributed by atoms with E-state index in [1.165, 1.54) is 24.4 Å². The van der Waals surface area contributed by atoms with Gasteiger partial charge in [-0.05, 0) is 30.3 Å². The number of pyridine rings is 1. The lowest BCUT2D eigenvalue weighted by Gasteiger charge is -2.11. The van der Waals surface area contributed by atoms with Gasteiger partial charge in [0.25, 0.3) is 0 Å². The van der Waals surface area contributed by atoms with Crippen molar-refractivity contribution in [3.8, 4) is 17.0 Å². The highest BCUT2D eigenvalue weighted by atomic mass is 19.3. The van der Waals surface area contributed by atoms with Crippen LogP contribution >= 0.6 is 0 Å². The van der Waals surface area contributed by atoms with Gasteiger partial charge in [-0.2, -0.15) is 8.78 Å². The van der Waals surface area contributed by atoms with Crippen molar-refractivity contribution in [2.75, 3.05) is 0 Å². The van der Waals surface area contributed by atoms with Crippen LogP contribution in [0.1, 0.15) is 10.4 Å². The van der Waals surface area contributed by atoms with Crippen LogP contribution in [0.4, 0.5) is 8.78 Å². The summed E-state index contributed by atoms with van der Waals surface area (Å²) in [7, 11) is 0. The minimum absolute atomic E-state index is 0.0257. The highest BCUT2D eigenvalue weighted by Crippen LogP contribution is 2.30. The Hall–Kier alpha value is -2.50. The van der Waals surface area contributed by atoms with Gasteiger partial charge in [0.05, 0.1) is 11.3 Å². The summed E-state index contributed by atoms with van der Waals surface area (Å²) in [4.78, 5) is 14.9. The number of aromatic nitrogens is 1. The molecule has 0 saturated heterocycles. The Balaban J connectivity index is 2.53. The van der Waals surface area contributed by atoms with E-state index in [0.717, 1.165) is 0 Å². The van der Waals surface area contributed by atoms with Crippen molar-refractivity contribution >= 4 is 5.97 Å².